The number of hydrogen-bond donors (Lipinski definition) is 0. The van der Waals surface area contributed by atoms with Crippen LogP contribution in [0.2, 0.25) is 0 Å². The van der Waals surface area contributed by atoms with Gasteiger partial charge in [0, 0.05) is 56.6 Å². The van der Waals surface area contributed by atoms with Crippen LogP contribution in [0.3, 0.4) is 0 Å². The number of likely N-dealkylation sites (N-methyl/N-ethyl adjacent to an activating group) is 1. The van der Waals surface area contributed by atoms with Gasteiger partial charge in [-0.05, 0) is 78.5 Å². The third-order valence-electron chi connectivity index (χ3n) is 6.63. The standard InChI is InChI=1S/C15H27N3O.C8H16N2O.C4H12S.C2H6/c1-5-10-19-12-18-13(2)11-14(16-18)17-9-7-6-8-15(17,3)4;1-9-2-4-10(5-3-9)8-6-11-7-8;1-5(2,3)4;1-2/h11H,5-10,12H2,1-4H3;8H,2-7H2,1H3;1-4H3;1-2H3. The molecule has 0 aromatic carbocycles. The minimum atomic E-state index is -0.167. The molecule has 3 aliphatic heterocycles. The smallest absolute Gasteiger partial charge is 0.151 e. The van der Waals surface area contributed by atoms with Gasteiger partial charge < -0.3 is 19.3 Å². The quantitative estimate of drug-likeness (QED) is 0.453. The molecule has 0 bridgehead atoms. The van der Waals surface area contributed by atoms with Crippen LogP contribution in [0, 0.1) is 6.92 Å². The highest BCUT2D eigenvalue weighted by Gasteiger charge is 2.31. The minimum absolute atomic E-state index is 0.167. The normalized spacial score (nSPS) is 20.9. The number of aryl methyl sites for hydroxylation is 1. The van der Waals surface area contributed by atoms with Crippen LogP contribution in [0.5, 0.6) is 0 Å². The molecule has 0 saturated carbocycles. The molecule has 3 saturated heterocycles. The first kappa shape index (κ1) is 34.2. The van der Waals surface area contributed by atoms with Gasteiger partial charge in [-0.1, -0.05) is 20.8 Å². The van der Waals surface area contributed by atoms with Crippen molar-refractivity contribution in [3.63, 3.8) is 0 Å². The van der Waals surface area contributed by atoms with E-state index in [-0.39, 0.29) is 15.6 Å². The van der Waals surface area contributed by atoms with Crippen LogP contribution in [0.1, 0.15) is 66.0 Å². The monoisotopic (exact) mass is 543 g/mol. The molecule has 7 nitrogen and oxygen atoms in total. The Morgan fingerprint density at radius 1 is 1.03 bits per heavy atom. The summed E-state index contributed by atoms with van der Waals surface area (Å²) in [4.78, 5) is 7.37. The summed E-state index contributed by atoms with van der Waals surface area (Å²) in [6, 6.07) is 2.92. The van der Waals surface area contributed by atoms with E-state index < -0.39 is 0 Å². The lowest BCUT2D eigenvalue weighted by Gasteiger charge is -2.42. The fourth-order valence-electron chi connectivity index (χ4n) is 4.36. The van der Waals surface area contributed by atoms with Crippen molar-refractivity contribution in [1.82, 2.24) is 19.6 Å². The molecule has 3 aliphatic rings. The fraction of sp³-hybridized carbons (Fsp3) is 0.897. The molecule has 3 fully saturated rings. The Labute approximate surface area is 231 Å². The Morgan fingerprint density at radius 2 is 1.62 bits per heavy atom. The van der Waals surface area contributed by atoms with Crippen molar-refractivity contribution in [1.29, 1.82) is 0 Å². The Balaban J connectivity index is 0.000000319. The molecule has 0 unspecified atom stereocenters. The lowest BCUT2D eigenvalue weighted by molar-refractivity contribution is -0.0752. The second-order valence-corrected chi connectivity index (χ2v) is 17.0. The topological polar surface area (TPSA) is 46.0 Å². The minimum Gasteiger partial charge on any atom is -0.378 e. The summed E-state index contributed by atoms with van der Waals surface area (Å²) < 4.78 is 12.7. The van der Waals surface area contributed by atoms with Crippen molar-refractivity contribution in [2.24, 2.45) is 0 Å². The van der Waals surface area contributed by atoms with Crippen molar-refractivity contribution in [3.05, 3.63) is 11.8 Å². The first-order valence-electron chi connectivity index (χ1n) is 14.4. The number of nitrogens with zero attached hydrogens (tertiary/aromatic N) is 5. The number of hydrogen-bond acceptors (Lipinski definition) is 6. The van der Waals surface area contributed by atoms with E-state index in [0.717, 1.165) is 44.6 Å². The summed E-state index contributed by atoms with van der Waals surface area (Å²) in [6.45, 7) is 22.1. The fourth-order valence-corrected chi connectivity index (χ4v) is 4.36. The summed E-state index contributed by atoms with van der Waals surface area (Å²) in [5.41, 5.74) is 1.39. The maximum absolute atomic E-state index is 5.58. The zero-order valence-electron chi connectivity index (χ0n) is 26.3. The number of piperidine rings is 1. The maximum Gasteiger partial charge on any atom is 0.151 e. The zero-order valence-corrected chi connectivity index (χ0v) is 27.1. The molecule has 220 valence electrons. The average Bonchev–Trinajstić information content (AvgIpc) is 3.15. The molecular weight excluding hydrogens is 482 g/mol. The average molecular weight is 544 g/mol. The summed E-state index contributed by atoms with van der Waals surface area (Å²) in [7, 11) is 2.02. The van der Waals surface area contributed by atoms with E-state index in [1.807, 2.05) is 18.5 Å². The van der Waals surface area contributed by atoms with Crippen molar-refractivity contribution in [2.75, 3.05) is 89.5 Å². The Kier molecular flexibility index (Phi) is 15.7. The van der Waals surface area contributed by atoms with Gasteiger partial charge in [0.25, 0.3) is 0 Å². The second kappa shape index (κ2) is 17.0. The van der Waals surface area contributed by atoms with Crippen LogP contribution in [-0.2, 0) is 16.2 Å². The van der Waals surface area contributed by atoms with Gasteiger partial charge >= 0.3 is 0 Å². The van der Waals surface area contributed by atoms with E-state index >= 15 is 0 Å². The largest absolute Gasteiger partial charge is 0.378 e. The van der Waals surface area contributed by atoms with Gasteiger partial charge in [0.1, 0.15) is 6.73 Å². The number of piperazine rings is 1. The molecule has 0 N–H and O–H groups in total. The predicted octanol–water partition coefficient (Wildman–Crippen LogP) is 5.31. The van der Waals surface area contributed by atoms with Crippen molar-refractivity contribution >= 4 is 15.8 Å². The molecule has 0 amide bonds. The highest BCUT2D eigenvalue weighted by Crippen LogP contribution is 2.32. The molecule has 1 aromatic heterocycles. The van der Waals surface area contributed by atoms with Gasteiger partial charge in [0.05, 0.1) is 19.3 Å². The van der Waals surface area contributed by atoms with Crippen molar-refractivity contribution in [2.45, 2.75) is 85.5 Å². The summed E-state index contributed by atoms with van der Waals surface area (Å²) >= 11 is 0. The van der Waals surface area contributed by atoms with Gasteiger partial charge in [-0.3, -0.25) is 14.9 Å². The predicted molar refractivity (Wildman–Crippen MR) is 165 cm³/mol. The van der Waals surface area contributed by atoms with Gasteiger partial charge in [0.15, 0.2) is 5.82 Å². The van der Waals surface area contributed by atoms with Crippen LogP contribution >= 0.6 is 10.0 Å². The van der Waals surface area contributed by atoms with E-state index in [2.05, 4.69) is 80.5 Å². The molecule has 0 atom stereocenters. The Morgan fingerprint density at radius 3 is 2.11 bits per heavy atom. The molecule has 8 heteroatoms. The zero-order chi connectivity index (χ0) is 28.1. The first-order chi connectivity index (χ1) is 17.4. The summed E-state index contributed by atoms with van der Waals surface area (Å²) in [5.74, 6) is 1.10. The molecule has 0 aliphatic carbocycles. The van der Waals surface area contributed by atoms with Crippen LogP contribution < -0.4 is 4.90 Å². The van der Waals surface area contributed by atoms with E-state index in [1.54, 1.807) is 0 Å². The van der Waals surface area contributed by atoms with Crippen LogP contribution in [0.4, 0.5) is 5.82 Å². The highest BCUT2D eigenvalue weighted by atomic mass is 32.3. The van der Waals surface area contributed by atoms with E-state index in [1.165, 1.54) is 51.1 Å². The summed E-state index contributed by atoms with van der Waals surface area (Å²) in [6.07, 6.45) is 14.0. The third kappa shape index (κ3) is 13.2. The van der Waals surface area contributed by atoms with Crippen LogP contribution in [0.15, 0.2) is 6.07 Å². The molecule has 4 heterocycles. The molecule has 1 aromatic rings. The van der Waals surface area contributed by atoms with E-state index in [0.29, 0.717) is 6.73 Å². The number of ether oxygens (including phenoxy) is 2. The first-order valence-corrected chi connectivity index (χ1v) is 17.7. The second-order valence-electron chi connectivity index (χ2n) is 12.1. The van der Waals surface area contributed by atoms with E-state index in [9.17, 15) is 0 Å². The SMILES string of the molecule is CC.CCCOCn1nc(N2CCCCC2(C)C)cc1C.CN1CCN(C2COC2)CC1.CS(C)(C)C. The molecule has 0 spiro atoms. The van der Waals surface area contributed by atoms with Crippen LogP contribution in [-0.4, -0.2) is 116 Å². The number of rotatable bonds is 6. The third-order valence-corrected chi connectivity index (χ3v) is 6.63. The molecular formula is C29H61N5O2S. The lowest BCUT2D eigenvalue weighted by Crippen LogP contribution is -2.55. The molecule has 0 radical (unpaired) electrons. The lowest BCUT2D eigenvalue weighted by atomic mass is 9.90. The highest BCUT2D eigenvalue weighted by molar-refractivity contribution is 8.31. The van der Waals surface area contributed by atoms with Gasteiger partial charge in [-0.25, -0.2) is 4.68 Å². The summed E-state index contributed by atoms with van der Waals surface area (Å²) in [5, 5.41) is 4.72. The molecule has 37 heavy (non-hydrogen) atoms. The molecule has 4 rings (SSSR count). The Hall–Kier alpha value is -0.800. The van der Waals surface area contributed by atoms with Crippen molar-refractivity contribution in [3.8, 4) is 0 Å². The van der Waals surface area contributed by atoms with Gasteiger partial charge in [-0.2, -0.15) is 5.10 Å². The van der Waals surface area contributed by atoms with Crippen molar-refractivity contribution < 1.29 is 9.47 Å². The maximum atomic E-state index is 5.58. The van der Waals surface area contributed by atoms with Crippen LogP contribution in [0.25, 0.3) is 0 Å². The number of aromatic nitrogens is 2. The Bertz CT molecular complexity index is 716. The number of anilines is 1. The van der Waals surface area contributed by atoms with E-state index in [4.69, 9.17) is 14.6 Å². The van der Waals surface area contributed by atoms with Gasteiger partial charge in [-0.15, -0.1) is 0 Å². The van der Waals surface area contributed by atoms with Gasteiger partial charge in [0.2, 0.25) is 0 Å².